The number of para-hydroxylation sites is 6. The lowest BCUT2D eigenvalue weighted by Gasteiger charge is -2.13. The van der Waals surface area contributed by atoms with Gasteiger partial charge in [0.1, 0.15) is 46.0 Å². The van der Waals surface area contributed by atoms with Gasteiger partial charge in [0, 0.05) is 34.9 Å². The first-order valence-electron chi connectivity index (χ1n) is 41.5. The van der Waals surface area contributed by atoms with Crippen LogP contribution in [0.1, 0.15) is 95.0 Å². The maximum atomic E-state index is 13.4. The number of hydrogen-bond donors (Lipinski definition) is 9. The third kappa shape index (κ3) is 23.5. The highest BCUT2D eigenvalue weighted by molar-refractivity contribution is 5.95. The first-order valence-corrected chi connectivity index (χ1v) is 41.5. The Bertz CT molecular complexity index is 6760. The van der Waals surface area contributed by atoms with Gasteiger partial charge in [-0.05, 0) is 207 Å². The Morgan fingerprint density at radius 1 is 0.303 bits per heavy atom. The van der Waals surface area contributed by atoms with Crippen molar-refractivity contribution >= 4 is 11.9 Å². The summed E-state index contributed by atoms with van der Waals surface area (Å²) >= 11 is 0. The molecule has 16 rings (SSSR count). The summed E-state index contributed by atoms with van der Waals surface area (Å²) in [6.07, 6.45) is -4.71. The van der Waals surface area contributed by atoms with Crippen LogP contribution in [0.2, 0.25) is 0 Å². The zero-order valence-corrected chi connectivity index (χ0v) is 72.1. The fourth-order valence-electron chi connectivity index (χ4n) is 13.7. The van der Waals surface area contributed by atoms with Gasteiger partial charge in [0.05, 0.1) is 67.8 Å². The van der Waals surface area contributed by atoms with Crippen LogP contribution in [0.5, 0.6) is 46.0 Å². The molecule has 4 aromatic heterocycles. The predicted molar refractivity (Wildman–Crippen MR) is 488 cm³/mol. The Morgan fingerprint density at radius 2 is 0.606 bits per heavy atom. The molecule has 0 aliphatic heterocycles. The number of amides is 1. The van der Waals surface area contributed by atoms with E-state index >= 15 is 0 Å². The Kier molecular flexibility index (Phi) is 29.4. The minimum atomic E-state index is -4.54. The fourth-order valence-corrected chi connectivity index (χ4v) is 13.7. The van der Waals surface area contributed by atoms with Crippen molar-refractivity contribution in [2.75, 3.05) is 13.7 Å². The van der Waals surface area contributed by atoms with E-state index in [1.165, 1.54) is 55.3 Å². The highest BCUT2D eigenvalue weighted by atomic mass is 19.4. The predicted octanol–water partition coefficient (Wildman–Crippen LogP) is 22.5. The lowest BCUT2D eigenvalue weighted by atomic mass is 9.98. The van der Waals surface area contributed by atoms with Crippen LogP contribution in [0.3, 0.4) is 0 Å². The van der Waals surface area contributed by atoms with Gasteiger partial charge >= 0.3 is 18.3 Å². The van der Waals surface area contributed by atoms with E-state index in [0.717, 1.165) is 48.2 Å². The van der Waals surface area contributed by atoms with E-state index in [2.05, 4.69) is 85.9 Å². The second-order valence-electron chi connectivity index (χ2n) is 31.1. The Morgan fingerprint density at radius 3 is 0.939 bits per heavy atom. The molecule has 1 atom stereocenters. The van der Waals surface area contributed by atoms with Crippen LogP contribution in [0.25, 0.3) is 137 Å². The molecular weight excluding hydrogens is 1700 g/mol. The number of phenolic OH excluding ortho intramolecular Hbond substituents is 8. The molecule has 0 aliphatic carbocycles. The second kappa shape index (κ2) is 41.6. The van der Waals surface area contributed by atoms with Crippen LogP contribution in [-0.4, -0.2) is 126 Å². The Labute approximate surface area is 754 Å². The zero-order valence-electron chi connectivity index (χ0n) is 72.1. The number of phenols is 8. The van der Waals surface area contributed by atoms with Crippen LogP contribution < -0.4 is 5.32 Å². The van der Waals surface area contributed by atoms with E-state index in [1.54, 1.807) is 234 Å². The Balaban J connectivity index is 0.000000150. The van der Waals surface area contributed by atoms with Crippen LogP contribution >= 0.6 is 0 Å². The molecule has 0 radical (unpaired) electrons. The molecular formula is C102H87F6N13O11. The molecule has 1 amide bonds. The molecule has 0 saturated heterocycles. The van der Waals surface area contributed by atoms with Crippen molar-refractivity contribution in [3.05, 3.63) is 312 Å². The minimum Gasteiger partial charge on any atom is -0.507 e. The second-order valence-corrected chi connectivity index (χ2v) is 31.1. The summed E-state index contributed by atoms with van der Waals surface area (Å²) < 4.78 is 85.3. The number of hydrogen-bond acceptors (Lipinski definition) is 23. The van der Waals surface area contributed by atoms with Crippen molar-refractivity contribution in [1.29, 1.82) is 0 Å². The summed E-state index contributed by atoms with van der Waals surface area (Å²) in [5, 5.41) is 85.3. The molecule has 4 heterocycles. The molecule has 0 saturated carbocycles. The number of carbonyl (C=O) groups is 2. The molecule has 0 bridgehead atoms. The first kappa shape index (κ1) is 93.2. The van der Waals surface area contributed by atoms with Gasteiger partial charge in [-0.1, -0.05) is 161 Å². The van der Waals surface area contributed by atoms with Gasteiger partial charge in [-0.2, -0.15) is 26.3 Å². The van der Waals surface area contributed by atoms with E-state index < -0.39 is 29.4 Å². The van der Waals surface area contributed by atoms with E-state index in [9.17, 15) is 76.8 Å². The van der Waals surface area contributed by atoms with Crippen molar-refractivity contribution < 1.29 is 81.5 Å². The first-order chi connectivity index (χ1) is 63.2. The summed E-state index contributed by atoms with van der Waals surface area (Å²) in [4.78, 5) is 78.2. The highest BCUT2D eigenvalue weighted by Crippen LogP contribution is 2.41. The smallest absolute Gasteiger partial charge is 0.416 e. The molecule has 0 aliphatic rings. The number of aromatic nitrogens is 12. The number of rotatable bonds is 21. The SMILES string of the molecule is CC(C)CCCC(C)CCOC(=O)c1cccc(-c2nc(-c3ccccc3O)nc(-c3ccccc3O)n2)c1.CNC(=O)c1cccc(-c2nc(-c3ccccc3O)nc(-c3ccccc3O)n2)c1.Cc1cc(-c2nc(-c3ccccc3O)nc(-c3ccc(C)cc3O)n2)cc(C(F)(F)F)c1.Cc1ccc(-c2nc(-c3cccc(C(F)(F)F)c3)nc(-c3ccccc3O)n2)c(O)c1. The number of nitrogens with zero attached hydrogens (tertiary/aromatic N) is 12. The van der Waals surface area contributed by atoms with E-state index in [-0.39, 0.29) is 138 Å². The van der Waals surface area contributed by atoms with Crippen LogP contribution in [0.15, 0.2) is 273 Å². The lowest BCUT2D eigenvalue weighted by molar-refractivity contribution is -0.138. The molecule has 0 spiro atoms. The number of esters is 1. The molecule has 9 N–H and O–H groups in total. The third-order valence-corrected chi connectivity index (χ3v) is 20.6. The van der Waals surface area contributed by atoms with Gasteiger partial charge in [-0.25, -0.2) is 64.6 Å². The van der Waals surface area contributed by atoms with Gasteiger partial charge < -0.3 is 50.9 Å². The lowest BCUT2D eigenvalue weighted by Crippen LogP contribution is -2.17. The molecule has 132 heavy (non-hydrogen) atoms. The van der Waals surface area contributed by atoms with Crippen LogP contribution in [-0.2, 0) is 17.1 Å². The summed E-state index contributed by atoms with van der Waals surface area (Å²) in [5.74, 6) is 2.17. The van der Waals surface area contributed by atoms with Crippen molar-refractivity contribution in [2.24, 2.45) is 11.8 Å². The third-order valence-electron chi connectivity index (χ3n) is 20.6. The average Bonchev–Trinajstić information content (AvgIpc) is 0.782. The van der Waals surface area contributed by atoms with Crippen molar-refractivity contribution in [1.82, 2.24) is 65.1 Å². The number of halogens is 6. The van der Waals surface area contributed by atoms with Gasteiger partial charge in [-0.3, -0.25) is 4.79 Å². The van der Waals surface area contributed by atoms with Crippen molar-refractivity contribution in [3.63, 3.8) is 0 Å². The molecule has 12 aromatic carbocycles. The van der Waals surface area contributed by atoms with E-state index in [1.807, 2.05) is 0 Å². The van der Waals surface area contributed by atoms with E-state index in [0.29, 0.717) is 85.7 Å². The van der Waals surface area contributed by atoms with Gasteiger partial charge in [0.2, 0.25) is 0 Å². The molecule has 16 aromatic rings. The summed E-state index contributed by atoms with van der Waals surface area (Å²) in [6.45, 7) is 12.2. The topological polar surface area (TPSA) is 372 Å². The standard InChI is InChI=1S/C32H35N3O4.C24H18F3N3O2.C23H16F3N3O2.C23H18N4O3/c1-21(2)10-8-11-22(3)18-19-39-32(38)24-13-9-12-23(20-24)29-33-30(25-14-4-6-16-27(25)36)35-31(34-29)26-15-5-7-17-28(26)37;1-13-7-8-18(20(32)11-13)23-29-21(15-9-14(2)10-16(12-15)24(25,26)27)28-22(30-23)17-5-3-4-6-19(17)31;1-13-9-10-17(19(31)11-13)22-28-20(14-5-4-6-15(12-14)23(24,25)26)27-21(29-22)16-7-2-3-8-18(16)30;1-24-23(30)15-8-6-7-14(13-15)20-25-21(16-9-2-4-11-18(16)28)27-22(26-20)17-10-3-5-12-19(17)29/h4-7,9,12-17,20-22,36-37H,8,10-11,18-19H2,1-3H3;3-12,31-32H,1-2H3;2-12,30-31H,1H3;2-13,28-29H,1H3,(H,24,30). The normalized spacial score (nSPS) is 11.4. The number of alkyl halides is 6. The maximum absolute atomic E-state index is 13.4. The summed E-state index contributed by atoms with van der Waals surface area (Å²) in [7, 11) is 1.56. The number of carbonyl (C=O) groups excluding carboxylic acids is 2. The monoisotopic (exact) mass is 1780 g/mol. The molecule has 0 fully saturated rings. The van der Waals surface area contributed by atoms with E-state index in [4.69, 9.17) is 4.74 Å². The van der Waals surface area contributed by atoms with Crippen molar-refractivity contribution in [2.45, 2.75) is 79.6 Å². The molecule has 30 heteroatoms. The number of benzene rings is 12. The number of aromatic hydroxyl groups is 8. The van der Waals surface area contributed by atoms with Gasteiger partial charge in [0.15, 0.2) is 69.9 Å². The maximum Gasteiger partial charge on any atom is 0.416 e. The fraction of sp³-hybridized carbons (Fsp3) is 0.157. The molecule has 668 valence electrons. The number of aryl methyl sites for hydroxylation is 3. The van der Waals surface area contributed by atoms with Crippen LogP contribution in [0, 0.1) is 32.6 Å². The van der Waals surface area contributed by atoms with Crippen molar-refractivity contribution in [3.8, 4) is 183 Å². The zero-order chi connectivity index (χ0) is 94.1. The van der Waals surface area contributed by atoms with Gasteiger partial charge in [-0.15, -0.1) is 0 Å². The largest absolute Gasteiger partial charge is 0.507 e. The molecule has 1 unspecified atom stereocenters. The summed E-state index contributed by atoms with van der Waals surface area (Å²) in [5.41, 5.74) is 5.54. The van der Waals surface area contributed by atoms with Crippen LogP contribution in [0.4, 0.5) is 26.3 Å². The average molecular weight is 1780 g/mol. The summed E-state index contributed by atoms with van der Waals surface area (Å²) in [6, 6.07) is 71.5. The quantitative estimate of drug-likeness (QED) is 0.0238. The number of nitrogens with one attached hydrogen (secondary N) is 1. The Hall–Kier alpha value is -16.4. The highest BCUT2D eigenvalue weighted by Gasteiger charge is 2.33. The minimum absolute atomic E-state index is 0.0116. The number of ether oxygens (including phenoxy) is 1. The molecule has 24 nitrogen and oxygen atoms in total. The van der Waals surface area contributed by atoms with Gasteiger partial charge in [0.25, 0.3) is 5.91 Å².